The van der Waals surface area contributed by atoms with Crippen LogP contribution < -0.4 is 0 Å². The molecule has 0 heterocycles. The molecule has 0 spiro atoms. The molecule has 1 aromatic carbocycles. The van der Waals surface area contributed by atoms with Crippen LogP contribution in [0.2, 0.25) is 0 Å². The summed E-state index contributed by atoms with van der Waals surface area (Å²) in [6, 6.07) is 6.15. The maximum absolute atomic E-state index is 12.6. The fourth-order valence-electron chi connectivity index (χ4n) is 1.30. The molecule has 0 aliphatic carbocycles. The molecule has 3 nitrogen and oxygen atoms in total. The first-order chi connectivity index (χ1) is 7.27. The van der Waals surface area contributed by atoms with Crippen LogP contribution in [0.25, 0.3) is 0 Å². The summed E-state index contributed by atoms with van der Waals surface area (Å²) in [4.78, 5) is 10.4. The summed E-state index contributed by atoms with van der Waals surface area (Å²) in [5.41, 5.74) is -3.83. The van der Waals surface area contributed by atoms with Crippen molar-refractivity contribution in [3.05, 3.63) is 35.9 Å². The van der Waals surface area contributed by atoms with Crippen molar-refractivity contribution in [3.8, 4) is 0 Å². The van der Waals surface area contributed by atoms with Gasteiger partial charge in [-0.1, -0.05) is 30.3 Å². The summed E-state index contributed by atoms with van der Waals surface area (Å²) in [6.07, 6.45) is -6.45. The molecule has 2 N–H and O–H groups in total. The number of hydrogen-bond acceptors (Lipinski definition) is 2. The lowest BCUT2D eigenvalue weighted by molar-refractivity contribution is -0.269. The zero-order valence-corrected chi connectivity index (χ0v) is 8.03. The van der Waals surface area contributed by atoms with Crippen LogP contribution >= 0.6 is 0 Å². The lowest BCUT2D eigenvalue weighted by Crippen LogP contribution is -2.44. The Hall–Kier alpha value is -1.56. The van der Waals surface area contributed by atoms with E-state index in [1.54, 1.807) is 0 Å². The smallest absolute Gasteiger partial charge is 0.422 e. The molecule has 0 unspecified atom stereocenters. The van der Waals surface area contributed by atoms with Crippen LogP contribution in [0.1, 0.15) is 12.0 Å². The largest absolute Gasteiger partial charge is 0.481 e. The number of hydrogen-bond donors (Lipinski definition) is 2. The molecule has 0 radical (unpaired) electrons. The highest BCUT2D eigenvalue weighted by Gasteiger charge is 2.56. The van der Waals surface area contributed by atoms with Gasteiger partial charge < -0.3 is 10.2 Å². The minimum Gasteiger partial charge on any atom is -0.481 e. The van der Waals surface area contributed by atoms with E-state index in [0.29, 0.717) is 0 Å². The first kappa shape index (κ1) is 12.5. The van der Waals surface area contributed by atoms with E-state index in [9.17, 15) is 23.1 Å². The van der Waals surface area contributed by atoms with Gasteiger partial charge in [-0.3, -0.25) is 4.79 Å². The lowest BCUT2D eigenvalue weighted by Gasteiger charge is -2.29. The second kappa shape index (κ2) is 4.13. The van der Waals surface area contributed by atoms with E-state index >= 15 is 0 Å². The van der Waals surface area contributed by atoms with Crippen molar-refractivity contribution in [1.29, 1.82) is 0 Å². The van der Waals surface area contributed by atoms with Crippen LogP contribution in [0, 0.1) is 0 Å². The summed E-state index contributed by atoms with van der Waals surface area (Å²) in [6.45, 7) is 0. The number of carboxylic acids is 1. The number of rotatable bonds is 3. The Kier molecular flexibility index (Phi) is 3.23. The molecule has 16 heavy (non-hydrogen) atoms. The summed E-state index contributed by atoms with van der Waals surface area (Å²) < 4.78 is 37.9. The van der Waals surface area contributed by atoms with E-state index in [1.807, 2.05) is 0 Å². The van der Waals surface area contributed by atoms with Gasteiger partial charge in [0, 0.05) is 0 Å². The number of alkyl halides is 3. The third kappa shape index (κ3) is 2.33. The summed E-state index contributed by atoms with van der Waals surface area (Å²) >= 11 is 0. The van der Waals surface area contributed by atoms with E-state index < -0.39 is 29.7 Å². The minimum atomic E-state index is -5.03. The van der Waals surface area contributed by atoms with E-state index in [1.165, 1.54) is 18.2 Å². The third-order valence-corrected chi connectivity index (χ3v) is 2.13. The number of aliphatic hydroxyl groups is 1. The van der Waals surface area contributed by atoms with E-state index in [-0.39, 0.29) is 0 Å². The van der Waals surface area contributed by atoms with Crippen LogP contribution in [-0.4, -0.2) is 22.4 Å². The second-order valence-corrected chi connectivity index (χ2v) is 3.29. The van der Waals surface area contributed by atoms with Gasteiger partial charge in [-0.25, -0.2) is 0 Å². The highest BCUT2D eigenvalue weighted by atomic mass is 19.4. The Morgan fingerprint density at radius 2 is 1.69 bits per heavy atom. The molecule has 0 amide bonds. The normalized spacial score (nSPS) is 15.5. The molecule has 0 saturated heterocycles. The topological polar surface area (TPSA) is 57.5 Å². The monoisotopic (exact) mass is 234 g/mol. The predicted molar refractivity (Wildman–Crippen MR) is 48.6 cm³/mol. The van der Waals surface area contributed by atoms with Crippen LogP contribution in [0.3, 0.4) is 0 Å². The van der Waals surface area contributed by atoms with Crippen molar-refractivity contribution in [2.24, 2.45) is 0 Å². The standard InChI is InChI=1S/C10H9F3O3/c11-10(12,13)9(16,6-8(14)15)7-4-2-1-3-5-7/h1-5,16H,6H2,(H,14,15)/t9-/m0/s1. The highest BCUT2D eigenvalue weighted by molar-refractivity contribution is 5.68. The van der Waals surface area contributed by atoms with Gasteiger partial charge in [0.25, 0.3) is 0 Å². The maximum atomic E-state index is 12.6. The molecule has 0 aliphatic rings. The zero-order chi connectivity index (χ0) is 12.4. The maximum Gasteiger partial charge on any atom is 0.422 e. The van der Waals surface area contributed by atoms with Gasteiger partial charge in [0.2, 0.25) is 0 Å². The molecule has 1 aromatic rings. The first-order valence-electron chi connectivity index (χ1n) is 4.34. The Morgan fingerprint density at radius 1 is 1.19 bits per heavy atom. The molecule has 88 valence electrons. The molecule has 0 bridgehead atoms. The van der Waals surface area contributed by atoms with Crippen LogP contribution in [0.15, 0.2) is 30.3 Å². The molecular weight excluding hydrogens is 225 g/mol. The van der Waals surface area contributed by atoms with Crippen molar-refractivity contribution in [1.82, 2.24) is 0 Å². The summed E-state index contributed by atoms with van der Waals surface area (Å²) in [7, 11) is 0. The second-order valence-electron chi connectivity index (χ2n) is 3.29. The van der Waals surface area contributed by atoms with Crippen molar-refractivity contribution in [2.45, 2.75) is 18.2 Å². The highest BCUT2D eigenvalue weighted by Crippen LogP contribution is 2.41. The number of benzene rings is 1. The fourth-order valence-corrected chi connectivity index (χ4v) is 1.30. The lowest BCUT2D eigenvalue weighted by atomic mass is 9.90. The van der Waals surface area contributed by atoms with Gasteiger partial charge in [0.1, 0.15) is 0 Å². The molecule has 6 heteroatoms. The Bertz CT molecular complexity index is 375. The number of carbonyl (C=O) groups is 1. The van der Waals surface area contributed by atoms with Gasteiger partial charge in [-0.05, 0) is 5.56 Å². The molecule has 0 aromatic heterocycles. The first-order valence-corrected chi connectivity index (χ1v) is 4.34. The molecule has 1 rings (SSSR count). The van der Waals surface area contributed by atoms with Gasteiger partial charge in [0.15, 0.2) is 5.60 Å². The zero-order valence-electron chi connectivity index (χ0n) is 8.03. The molecule has 0 aliphatic heterocycles. The number of halogens is 3. The van der Waals surface area contributed by atoms with E-state index in [4.69, 9.17) is 5.11 Å². The Morgan fingerprint density at radius 3 is 2.06 bits per heavy atom. The molecule has 0 saturated carbocycles. The average Bonchev–Trinajstić information content (AvgIpc) is 2.16. The summed E-state index contributed by atoms with van der Waals surface area (Å²) in [5.74, 6) is -1.72. The molecule has 1 atom stereocenters. The average molecular weight is 234 g/mol. The van der Waals surface area contributed by atoms with Gasteiger partial charge in [0.05, 0.1) is 6.42 Å². The number of carboxylic acid groups (broad SMARTS) is 1. The SMILES string of the molecule is O=C(O)C[C@](O)(c1ccccc1)C(F)(F)F. The van der Waals surface area contributed by atoms with Crippen molar-refractivity contribution in [2.75, 3.05) is 0 Å². The van der Waals surface area contributed by atoms with Crippen molar-refractivity contribution < 1.29 is 28.2 Å². The van der Waals surface area contributed by atoms with Crippen LogP contribution in [-0.2, 0) is 10.4 Å². The van der Waals surface area contributed by atoms with E-state index in [2.05, 4.69) is 0 Å². The van der Waals surface area contributed by atoms with Gasteiger partial charge in [-0.15, -0.1) is 0 Å². The van der Waals surface area contributed by atoms with Gasteiger partial charge in [-0.2, -0.15) is 13.2 Å². The molecular formula is C10H9F3O3. The van der Waals surface area contributed by atoms with Gasteiger partial charge >= 0.3 is 12.1 Å². The minimum absolute atomic E-state index is 0.482. The van der Waals surface area contributed by atoms with Crippen LogP contribution in [0.5, 0.6) is 0 Å². The quantitative estimate of drug-likeness (QED) is 0.839. The predicted octanol–water partition coefficient (Wildman–Crippen LogP) is 1.91. The van der Waals surface area contributed by atoms with Crippen molar-refractivity contribution >= 4 is 5.97 Å². The fraction of sp³-hybridized carbons (Fsp3) is 0.300. The Balaban J connectivity index is 3.21. The van der Waals surface area contributed by atoms with E-state index in [0.717, 1.165) is 12.1 Å². The van der Waals surface area contributed by atoms with Crippen molar-refractivity contribution in [3.63, 3.8) is 0 Å². The Labute approximate surface area is 89.1 Å². The van der Waals surface area contributed by atoms with Crippen LogP contribution in [0.4, 0.5) is 13.2 Å². The molecule has 0 fully saturated rings. The number of aliphatic carboxylic acids is 1. The summed E-state index contributed by atoms with van der Waals surface area (Å²) in [5, 5.41) is 17.9. The third-order valence-electron chi connectivity index (χ3n) is 2.13.